The number of hydrogen-bond donors (Lipinski definition) is 0. The third-order valence-electron chi connectivity index (χ3n) is 20.3. The Bertz CT molecular complexity index is 5010. The predicted molar refractivity (Wildman–Crippen MR) is 375 cm³/mol. The molecule has 0 aliphatic carbocycles. The molecule has 0 amide bonds. The van der Waals surface area contributed by atoms with E-state index in [2.05, 4.69) is 332 Å². The van der Waals surface area contributed by atoms with Crippen molar-refractivity contribution in [1.29, 1.82) is 0 Å². The van der Waals surface area contributed by atoms with Gasteiger partial charge in [-0.3, -0.25) is 0 Å². The molecule has 0 saturated carbocycles. The van der Waals surface area contributed by atoms with Crippen LogP contribution in [0.3, 0.4) is 0 Å². The van der Waals surface area contributed by atoms with Crippen molar-refractivity contribution >= 4 is 188 Å². The Balaban J connectivity index is 1.04. The number of para-hydroxylation sites is 6. The van der Waals surface area contributed by atoms with Crippen LogP contribution >= 0.6 is 0 Å². The Morgan fingerprint density at radius 1 is 0.205 bits per heavy atom. The zero-order chi connectivity index (χ0) is 57.7. The average Bonchev–Trinajstić information content (AvgIpc) is 0.653. The molecule has 0 spiro atoms. The summed E-state index contributed by atoms with van der Waals surface area (Å²) < 4.78 is 8.93. The van der Waals surface area contributed by atoms with Gasteiger partial charge in [0.15, 0.2) is 0 Å². The van der Waals surface area contributed by atoms with E-state index in [1.807, 2.05) is 0 Å². The maximum absolute atomic E-state index is 4.05. The second kappa shape index (κ2) is 17.7. The van der Waals surface area contributed by atoms with Crippen molar-refractivity contribution in [3.63, 3.8) is 0 Å². The quantitative estimate of drug-likeness (QED) is 0.153. The molecule has 0 radical (unpaired) electrons. The summed E-state index contributed by atoms with van der Waals surface area (Å²) in [5.74, 6) is 5.54. The number of rotatable bonds is 6. The van der Waals surface area contributed by atoms with Crippen molar-refractivity contribution in [3.8, 4) is 0 Å². The van der Waals surface area contributed by atoms with E-state index >= 15 is 0 Å². The normalized spacial score (nSPS) is 17.4. The summed E-state index contributed by atoms with van der Waals surface area (Å²) in [6, 6.07) is 111. The van der Waals surface area contributed by atoms with Gasteiger partial charge >= 0.3 is 520 Å². The zero-order valence-corrected chi connectivity index (χ0v) is 52.6. The molecule has 88 heavy (non-hydrogen) atoms. The Morgan fingerprint density at radius 2 is 0.455 bits per heavy atom. The SMILES string of the molecule is [CH3][Ge]12[c]3c4cccc3N(c3ccccc3)c3[c]1c(cc1cc5[c]6c(c31)N(c1ccccc1)c1cccc3[c]1[Ge]6([CH3])[c]1c(cc6ccccc6c1N5c1ccccc1)N3c1ccccc1)N(c1ccccc1)c1[c]2c(cc2ccccc12)N4c1ccccc1. The van der Waals surface area contributed by atoms with E-state index in [9.17, 15) is 0 Å². The van der Waals surface area contributed by atoms with Gasteiger partial charge in [-0.25, -0.2) is 0 Å². The fourth-order valence-electron chi connectivity index (χ4n) is 17.1. The molecule has 0 aromatic heterocycles. The molecule has 2 atom stereocenters. The van der Waals surface area contributed by atoms with Crippen LogP contribution in [0.2, 0.25) is 11.5 Å². The van der Waals surface area contributed by atoms with E-state index in [1.165, 1.54) is 127 Å². The van der Waals surface area contributed by atoms with Crippen LogP contribution in [0, 0.1) is 0 Å². The van der Waals surface area contributed by atoms with Crippen molar-refractivity contribution in [2.45, 2.75) is 11.5 Å². The number of anilines is 18. The minimum atomic E-state index is -4.05. The van der Waals surface area contributed by atoms with Crippen molar-refractivity contribution in [2.75, 3.05) is 29.4 Å². The van der Waals surface area contributed by atoms with Crippen LogP contribution < -0.4 is 55.8 Å². The molecular formula is C80H54Ge2N6. The summed E-state index contributed by atoms with van der Waals surface area (Å²) in [4.78, 5) is 16.1. The standard InChI is InChI=1S/C80H54Ge2N6/c1-81-71-62-43-25-45-64(71)85(56-33-13-5-14-34-56)79-70-53(49-68(75(79)81)87(58-37-17-7-18-38-58)77-60-41-23-21-27-51(60)47-66(73(77)81)83(62)54-29-9-3-10-30-54)50-69-76-80(70)86(57-35-15-6-16-36-57)65-46-26-44-63-72(65)82(76,2)74-67(84(63)55-31-11-4-12-32-55)48-52-28-22-24-42-61(52)78(74)88(69)59-39-19-8-20-40-59/h3-50H,1-2H3. The monoisotopic (exact) mass is 1250 g/mol. The molecular weight excluding hydrogens is 1190 g/mol. The second-order valence-electron chi connectivity index (χ2n) is 24.6. The molecule has 412 valence electrons. The average molecular weight is 1240 g/mol. The molecule has 14 aromatic rings. The molecule has 6 nitrogen and oxygen atoms in total. The molecule has 2 unspecified atom stereocenters. The molecule has 0 fully saturated rings. The summed E-state index contributed by atoms with van der Waals surface area (Å²) in [5.41, 5.74) is 22.2. The van der Waals surface area contributed by atoms with E-state index in [0.717, 1.165) is 34.1 Å². The van der Waals surface area contributed by atoms with Gasteiger partial charge in [-0.1, -0.05) is 0 Å². The molecule has 14 aromatic carbocycles. The predicted octanol–water partition coefficient (Wildman–Crippen LogP) is 18.0. The first kappa shape index (κ1) is 48.9. The van der Waals surface area contributed by atoms with E-state index < -0.39 is 26.5 Å². The number of hydrogen-bond acceptors (Lipinski definition) is 6. The second-order valence-corrected chi connectivity index (χ2v) is 40.4. The zero-order valence-electron chi connectivity index (χ0n) is 48.4. The summed E-state index contributed by atoms with van der Waals surface area (Å²) in [7, 11) is 0. The van der Waals surface area contributed by atoms with Crippen LogP contribution in [0.4, 0.5) is 102 Å². The number of nitrogens with zero attached hydrogens (tertiary/aromatic N) is 6. The first-order valence-corrected chi connectivity index (χ1v) is 41.2. The van der Waals surface area contributed by atoms with Crippen LogP contribution in [-0.4, -0.2) is 26.5 Å². The van der Waals surface area contributed by atoms with Crippen LogP contribution in [0.1, 0.15) is 0 Å². The van der Waals surface area contributed by atoms with Gasteiger partial charge in [-0.05, 0) is 0 Å². The summed E-state index contributed by atoms with van der Waals surface area (Å²) in [6.07, 6.45) is 0. The Morgan fingerprint density at radius 3 is 0.795 bits per heavy atom. The van der Waals surface area contributed by atoms with Crippen molar-refractivity contribution in [3.05, 3.63) is 291 Å². The Hall–Kier alpha value is -10.3. The fourth-order valence-corrected chi connectivity index (χ4v) is 38.1. The van der Waals surface area contributed by atoms with E-state index in [0.29, 0.717) is 0 Å². The van der Waals surface area contributed by atoms with Gasteiger partial charge in [0, 0.05) is 0 Å². The van der Waals surface area contributed by atoms with Gasteiger partial charge in [0.25, 0.3) is 0 Å². The van der Waals surface area contributed by atoms with Crippen LogP contribution in [-0.2, 0) is 0 Å². The summed E-state index contributed by atoms with van der Waals surface area (Å²) in [6.45, 7) is 0. The third kappa shape index (κ3) is 6.08. The van der Waals surface area contributed by atoms with Gasteiger partial charge in [-0.2, -0.15) is 0 Å². The molecule has 0 saturated heterocycles. The van der Waals surface area contributed by atoms with E-state index in [1.54, 1.807) is 0 Å². The van der Waals surface area contributed by atoms with Gasteiger partial charge in [0.2, 0.25) is 0 Å². The molecule has 6 aliphatic heterocycles. The van der Waals surface area contributed by atoms with Gasteiger partial charge in [0.05, 0.1) is 0 Å². The summed E-state index contributed by atoms with van der Waals surface area (Å²) in [5, 5.41) is 7.50. The Labute approximate surface area is 516 Å². The minimum absolute atomic E-state index is 1.14. The molecule has 6 heterocycles. The van der Waals surface area contributed by atoms with E-state index in [4.69, 9.17) is 0 Å². The fraction of sp³-hybridized carbons (Fsp3) is 0.0250. The van der Waals surface area contributed by atoms with Gasteiger partial charge in [0.1, 0.15) is 0 Å². The van der Waals surface area contributed by atoms with Gasteiger partial charge < -0.3 is 0 Å². The maximum atomic E-state index is 2.77. The molecule has 0 bridgehead atoms. The molecule has 0 N–H and O–H groups in total. The molecule has 20 rings (SSSR count). The summed E-state index contributed by atoms with van der Waals surface area (Å²) >= 11 is -8.09. The molecule has 8 heteroatoms. The van der Waals surface area contributed by atoms with Crippen molar-refractivity contribution < 1.29 is 0 Å². The van der Waals surface area contributed by atoms with Crippen molar-refractivity contribution in [1.82, 2.24) is 0 Å². The van der Waals surface area contributed by atoms with Crippen LogP contribution in [0.5, 0.6) is 0 Å². The third-order valence-corrected chi connectivity index (χ3v) is 39.2. The van der Waals surface area contributed by atoms with Crippen molar-refractivity contribution in [2.24, 2.45) is 0 Å². The first-order chi connectivity index (χ1) is 43.5. The molecule has 6 aliphatic rings. The van der Waals surface area contributed by atoms with Crippen LogP contribution in [0.15, 0.2) is 291 Å². The van der Waals surface area contributed by atoms with Crippen LogP contribution in [0.25, 0.3) is 32.3 Å². The topological polar surface area (TPSA) is 19.4 Å². The number of fused-ring (bicyclic) bond motifs is 7. The first-order valence-electron chi connectivity index (χ1n) is 30.7. The number of benzene rings is 14. The van der Waals surface area contributed by atoms with Gasteiger partial charge in [-0.15, -0.1) is 0 Å². The Kier molecular flexibility index (Phi) is 9.84. The van der Waals surface area contributed by atoms with E-state index in [-0.39, 0.29) is 0 Å².